The molecule has 8 heteroatoms. The maximum atomic E-state index is 15.4. The zero-order valence-electron chi connectivity index (χ0n) is 28.5. The van der Waals surface area contributed by atoms with E-state index in [1.165, 1.54) is 50.7 Å². The number of hydrogen-bond donors (Lipinski definition) is 2. The summed E-state index contributed by atoms with van der Waals surface area (Å²) in [6, 6.07) is 15.3. The maximum Gasteiger partial charge on any atom is 0.263 e. The second-order valence-corrected chi connectivity index (χ2v) is 12.8. The Morgan fingerprint density at radius 1 is 1.04 bits per heavy atom. The van der Waals surface area contributed by atoms with Gasteiger partial charge in [0, 0.05) is 46.5 Å². The number of alkyl halides is 2. The first-order valence-electron chi connectivity index (χ1n) is 17.0. The van der Waals surface area contributed by atoms with Crippen LogP contribution in [0.15, 0.2) is 90.4 Å². The van der Waals surface area contributed by atoms with Crippen LogP contribution in [-0.2, 0) is 12.8 Å². The van der Waals surface area contributed by atoms with Gasteiger partial charge in [0.15, 0.2) is 0 Å². The van der Waals surface area contributed by atoms with Crippen molar-refractivity contribution in [1.29, 1.82) is 5.26 Å². The van der Waals surface area contributed by atoms with E-state index < -0.39 is 6.43 Å². The average molecular weight is 656 g/mol. The number of anilines is 1. The molecule has 1 unspecified atom stereocenters. The molecule has 1 aliphatic rings. The number of nitrogens with one attached hydrogen (secondary N) is 2. The molecule has 1 fully saturated rings. The summed E-state index contributed by atoms with van der Waals surface area (Å²) in [6.07, 6.45) is 5.95. The molecule has 1 aliphatic heterocycles. The highest BCUT2D eigenvalue weighted by molar-refractivity contribution is 5.81. The molecule has 0 aliphatic carbocycles. The zero-order valence-corrected chi connectivity index (χ0v) is 28.5. The monoisotopic (exact) mass is 655 g/mol. The van der Waals surface area contributed by atoms with E-state index in [1.807, 2.05) is 25.1 Å². The Bertz CT molecular complexity index is 1650. The Kier molecular flexibility index (Phi) is 13.5. The summed E-state index contributed by atoms with van der Waals surface area (Å²) in [5, 5.41) is 16.1. The Morgan fingerprint density at radius 2 is 1.81 bits per heavy atom. The van der Waals surface area contributed by atoms with Gasteiger partial charge in [-0.15, -0.1) is 0 Å². The smallest absolute Gasteiger partial charge is 0.263 e. The lowest BCUT2D eigenvalue weighted by atomic mass is 9.88. The van der Waals surface area contributed by atoms with Crippen molar-refractivity contribution in [2.45, 2.75) is 72.1 Å². The third-order valence-corrected chi connectivity index (χ3v) is 9.12. The van der Waals surface area contributed by atoms with Crippen molar-refractivity contribution >= 4 is 5.69 Å². The van der Waals surface area contributed by atoms with Crippen LogP contribution in [0, 0.1) is 23.1 Å². The Balaban J connectivity index is 1.56. The van der Waals surface area contributed by atoms with Crippen molar-refractivity contribution in [2.24, 2.45) is 5.92 Å². The van der Waals surface area contributed by atoms with Gasteiger partial charge in [-0.05, 0) is 118 Å². The normalized spacial score (nSPS) is 14.6. The molecule has 0 radical (unpaired) electrons. The van der Waals surface area contributed by atoms with Crippen LogP contribution in [0.1, 0.15) is 81.7 Å². The molecule has 0 bridgehead atoms. The van der Waals surface area contributed by atoms with E-state index in [9.17, 15) is 14.0 Å². The van der Waals surface area contributed by atoms with Crippen LogP contribution in [0.3, 0.4) is 0 Å². The number of piperidine rings is 1. The van der Waals surface area contributed by atoms with Gasteiger partial charge in [-0.3, -0.25) is 0 Å². The molecule has 1 atom stereocenters. The standard InChI is InChI=1S/C40H48F3N5/c1-6-17-45-29(4)39(30(5)47-38-15-14-34(40(42)43)25-36(38)32-16-18-46-35(24-32)26-44)28(3)27(2)22-33-13-12-31(23-37(33)41)11-10-21-48-19-8-7-9-20-48/h12-16,18,23-25,27,40,45,47H,4-11,17,19-22H2,1-3H3/b39-28+. The molecule has 0 amide bonds. The first-order valence-corrected chi connectivity index (χ1v) is 17.0. The van der Waals surface area contributed by atoms with Gasteiger partial charge in [-0.2, -0.15) is 5.26 Å². The summed E-state index contributed by atoms with van der Waals surface area (Å²) in [5.74, 6) is -0.248. The summed E-state index contributed by atoms with van der Waals surface area (Å²) in [6.45, 7) is 18.9. The van der Waals surface area contributed by atoms with Crippen LogP contribution in [-0.4, -0.2) is 36.1 Å². The molecule has 0 spiro atoms. The highest BCUT2D eigenvalue weighted by atomic mass is 19.3. The molecule has 2 heterocycles. The number of rotatable bonds is 16. The van der Waals surface area contributed by atoms with Crippen molar-refractivity contribution < 1.29 is 13.2 Å². The largest absolute Gasteiger partial charge is 0.385 e. The third kappa shape index (κ3) is 9.84. The molecule has 1 aromatic heterocycles. The quantitative estimate of drug-likeness (QED) is 0.151. The van der Waals surface area contributed by atoms with Gasteiger partial charge in [0.25, 0.3) is 6.43 Å². The molecule has 0 saturated carbocycles. The number of allylic oxidation sites excluding steroid dienone is 1. The Morgan fingerprint density at radius 3 is 2.50 bits per heavy atom. The number of hydrogen-bond acceptors (Lipinski definition) is 5. The van der Waals surface area contributed by atoms with E-state index in [4.69, 9.17) is 0 Å². The van der Waals surface area contributed by atoms with Crippen molar-refractivity contribution in [2.75, 3.05) is 31.5 Å². The number of likely N-dealkylation sites (tertiary alicyclic amines) is 1. The predicted octanol–water partition coefficient (Wildman–Crippen LogP) is 9.75. The lowest BCUT2D eigenvalue weighted by molar-refractivity contribution is 0.151. The molecular formula is C40H48F3N5. The summed E-state index contributed by atoms with van der Waals surface area (Å²) >= 11 is 0. The highest BCUT2D eigenvalue weighted by Gasteiger charge is 2.20. The van der Waals surface area contributed by atoms with E-state index in [0.29, 0.717) is 46.7 Å². The summed E-state index contributed by atoms with van der Waals surface area (Å²) in [4.78, 5) is 6.54. The molecule has 254 valence electrons. The first kappa shape index (κ1) is 36.5. The van der Waals surface area contributed by atoms with Crippen molar-refractivity contribution in [3.63, 3.8) is 0 Å². The molecule has 5 nitrogen and oxygen atoms in total. The minimum atomic E-state index is -2.66. The van der Waals surface area contributed by atoms with Crippen LogP contribution < -0.4 is 10.6 Å². The fourth-order valence-electron chi connectivity index (χ4n) is 6.28. The minimum absolute atomic E-state index is 0.0581. The molecule has 2 N–H and O–H groups in total. The van der Waals surface area contributed by atoms with Crippen LogP contribution in [0.4, 0.5) is 18.9 Å². The molecule has 2 aromatic carbocycles. The summed E-state index contributed by atoms with van der Waals surface area (Å²) < 4.78 is 42.9. The number of aryl methyl sites for hydroxylation is 1. The molecule has 4 rings (SSSR count). The molecular weight excluding hydrogens is 607 g/mol. The predicted molar refractivity (Wildman–Crippen MR) is 190 cm³/mol. The second-order valence-electron chi connectivity index (χ2n) is 12.8. The van der Waals surface area contributed by atoms with Crippen LogP contribution in [0.5, 0.6) is 0 Å². The number of benzene rings is 2. The van der Waals surface area contributed by atoms with Gasteiger partial charge in [0.2, 0.25) is 0 Å². The van der Waals surface area contributed by atoms with Crippen LogP contribution >= 0.6 is 0 Å². The fraction of sp³-hybridized carbons (Fsp3) is 0.400. The van der Waals surface area contributed by atoms with E-state index >= 15 is 4.39 Å². The zero-order chi connectivity index (χ0) is 34.6. The first-order chi connectivity index (χ1) is 23.1. The van der Waals surface area contributed by atoms with Crippen LogP contribution in [0.25, 0.3) is 11.1 Å². The van der Waals surface area contributed by atoms with Gasteiger partial charge in [-0.25, -0.2) is 18.2 Å². The van der Waals surface area contributed by atoms with E-state index in [-0.39, 0.29) is 23.0 Å². The van der Waals surface area contributed by atoms with Crippen molar-refractivity contribution in [1.82, 2.24) is 15.2 Å². The van der Waals surface area contributed by atoms with E-state index in [1.54, 1.807) is 24.3 Å². The van der Waals surface area contributed by atoms with Gasteiger partial charge >= 0.3 is 0 Å². The number of pyridine rings is 1. The minimum Gasteiger partial charge on any atom is -0.385 e. The van der Waals surface area contributed by atoms with Gasteiger partial charge < -0.3 is 15.5 Å². The average Bonchev–Trinajstić information content (AvgIpc) is 3.09. The fourth-order valence-corrected chi connectivity index (χ4v) is 6.28. The molecule has 1 saturated heterocycles. The van der Waals surface area contributed by atoms with Gasteiger partial charge in [0.1, 0.15) is 17.6 Å². The summed E-state index contributed by atoms with van der Waals surface area (Å²) in [7, 11) is 0. The molecule has 48 heavy (non-hydrogen) atoms. The SMILES string of the molecule is C=C(NCCC)/C(C(=C)Nc1ccc(C(F)F)cc1-c1ccnc(C#N)c1)=C(/C)C(C)Cc1ccc(CCCN2CCCCC2)cc1F. The number of nitrogens with zero attached hydrogens (tertiary/aromatic N) is 3. The lowest BCUT2D eigenvalue weighted by Crippen LogP contribution is -2.30. The summed E-state index contributed by atoms with van der Waals surface area (Å²) in [5.41, 5.74) is 6.25. The molecule has 3 aromatic rings. The Labute approximate surface area is 284 Å². The van der Waals surface area contributed by atoms with E-state index in [0.717, 1.165) is 42.5 Å². The van der Waals surface area contributed by atoms with Gasteiger partial charge in [0.05, 0.1) is 0 Å². The third-order valence-electron chi connectivity index (χ3n) is 9.12. The Hall–Kier alpha value is -4.35. The second kappa shape index (κ2) is 17.7. The number of aromatic nitrogens is 1. The van der Waals surface area contributed by atoms with Crippen LogP contribution in [0.2, 0.25) is 0 Å². The topological polar surface area (TPSA) is 64.0 Å². The van der Waals surface area contributed by atoms with Crippen molar-refractivity contribution in [3.8, 4) is 17.2 Å². The number of nitriles is 1. The lowest BCUT2D eigenvalue weighted by Gasteiger charge is -2.26. The van der Waals surface area contributed by atoms with Crippen molar-refractivity contribution in [3.05, 3.63) is 119 Å². The number of halogens is 3. The maximum absolute atomic E-state index is 15.4. The van der Waals surface area contributed by atoms with Gasteiger partial charge in [-0.1, -0.05) is 57.2 Å². The highest BCUT2D eigenvalue weighted by Crippen LogP contribution is 2.35. The van der Waals surface area contributed by atoms with E-state index in [2.05, 4.69) is 47.5 Å².